The summed E-state index contributed by atoms with van der Waals surface area (Å²) in [4.78, 5) is 21.2. The SMILES string of the molecule is O=C(O)c1cc2c(cc1C(=O)O)O2. The van der Waals surface area contributed by atoms with Crippen LogP contribution in [0.5, 0.6) is 11.5 Å². The molecule has 5 heteroatoms. The van der Waals surface area contributed by atoms with E-state index in [9.17, 15) is 9.59 Å². The van der Waals surface area contributed by atoms with Gasteiger partial charge in [-0.05, 0) is 0 Å². The Morgan fingerprint density at radius 1 is 1.00 bits per heavy atom. The number of aromatic carboxylic acids is 2. The number of fused-ring (bicyclic) bond motifs is 1. The standard InChI is InChI=1S/C8H4O5/c9-7(10)3-1-5-6(13-5)2-4(3)8(11)12/h1-2H,(H,9,10)(H,11,12). The Morgan fingerprint density at radius 3 is 1.69 bits per heavy atom. The zero-order valence-corrected chi connectivity index (χ0v) is 6.27. The van der Waals surface area contributed by atoms with Crippen LogP contribution >= 0.6 is 0 Å². The molecule has 1 aromatic rings. The molecule has 1 heterocycles. The van der Waals surface area contributed by atoms with Crippen molar-refractivity contribution < 1.29 is 24.5 Å². The Hall–Kier alpha value is -2.04. The van der Waals surface area contributed by atoms with Gasteiger partial charge in [0.25, 0.3) is 0 Å². The Morgan fingerprint density at radius 2 is 1.38 bits per heavy atom. The van der Waals surface area contributed by atoms with E-state index in [1.165, 1.54) is 12.1 Å². The third-order valence-electron chi connectivity index (χ3n) is 1.72. The molecule has 0 saturated carbocycles. The van der Waals surface area contributed by atoms with Crippen molar-refractivity contribution in [2.45, 2.75) is 0 Å². The molecule has 1 aliphatic heterocycles. The summed E-state index contributed by atoms with van der Waals surface area (Å²) < 4.78 is 4.79. The predicted molar refractivity (Wildman–Crippen MR) is 40.4 cm³/mol. The topological polar surface area (TPSA) is 87.1 Å². The lowest BCUT2D eigenvalue weighted by Gasteiger charge is -1.95. The highest BCUT2D eigenvalue weighted by Crippen LogP contribution is 2.46. The van der Waals surface area contributed by atoms with Crippen molar-refractivity contribution >= 4 is 11.9 Å². The molecule has 1 aliphatic rings. The maximum atomic E-state index is 10.6. The Kier molecular flexibility index (Phi) is 1.30. The summed E-state index contributed by atoms with van der Waals surface area (Å²) in [5.74, 6) is -1.67. The van der Waals surface area contributed by atoms with E-state index in [0.717, 1.165) is 0 Å². The van der Waals surface area contributed by atoms with Gasteiger partial charge in [0.2, 0.25) is 0 Å². The van der Waals surface area contributed by atoms with Crippen LogP contribution in [0.2, 0.25) is 0 Å². The molecule has 0 aromatic heterocycles. The average Bonchev–Trinajstić information content (AvgIpc) is 2.78. The van der Waals surface area contributed by atoms with Gasteiger partial charge in [0.1, 0.15) is 0 Å². The van der Waals surface area contributed by atoms with E-state index in [1.807, 2.05) is 0 Å². The number of carboxylic acids is 2. The van der Waals surface area contributed by atoms with Crippen LogP contribution in [0.3, 0.4) is 0 Å². The second-order valence-corrected chi connectivity index (χ2v) is 2.56. The minimum atomic E-state index is -1.27. The van der Waals surface area contributed by atoms with Gasteiger partial charge in [-0.2, -0.15) is 0 Å². The number of hydrogen-bond acceptors (Lipinski definition) is 3. The molecule has 0 radical (unpaired) electrons. The summed E-state index contributed by atoms with van der Waals surface area (Å²) in [6.07, 6.45) is 0. The van der Waals surface area contributed by atoms with Crippen LogP contribution in [0.1, 0.15) is 20.7 Å². The highest BCUT2D eigenvalue weighted by molar-refractivity contribution is 6.03. The van der Waals surface area contributed by atoms with Crippen molar-refractivity contribution in [3.63, 3.8) is 0 Å². The number of ether oxygens (including phenoxy) is 1. The summed E-state index contributed by atoms with van der Waals surface area (Å²) in [7, 11) is 0. The fraction of sp³-hybridized carbons (Fsp3) is 0. The van der Waals surface area contributed by atoms with Crippen LogP contribution in [0.15, 0.2) is 12.1 Å². The lowest BCUT2D eigenvalue weighted by Crippen LogP contribution is -2.06. The zero-order chi connectivity index (χ0) is 9.59. The largest absolute Gasteiger partial charge is 0.478 e. The molecule has 0 amide bonds. The van der Waals surface area contributed by atoms with Gasteiger partial charge in [-0.1, -0.05) is 0 Å². The first-order valence-corrected chi connectivity index (χ1v) is 3.42. The van der Waals surface area contributed by atoms with E-state index in [0.29, 0.717) is 11.5 Å². The van der Waals surface area contributed by atoms with Crippen molar-refractivity contribution in [2.75, 3.05) is 0 Å². The average molecular weight is 180 g/mol. The second-order valence-electron chi connectivity index (χ2n) is 2.56. The van der Waals surface area contributed by atoms with Crippen molar-refractivity contribution in [1.82, 2.24) is 0 Å². The lowest BCUT2D eigenvalue weighted by atomic mass is 10.1. The van der Waals surface area contributed by atoms with Crippen molar-refractivity contribution in [3.8, 4) is 11.5 Å². The van der Waals surface area contributed by atoms with Gasteiger partial charge in [-0.25, -0.2) is 9.59 Å². The molecule has 2 rings (SSSR count). The van der Waals surface area contributed by atoms with Crippen LogP contribution in [0.25, 0.3) is 0 Å². The molecule has 0 aliphatic carbocycles. The van der Waals surface area contributed by atoms with Gasteiger partial charge in [-0.3, -0.25) is 0 Å². The fourth-order valence-electron chi connectivity index (χ4n) is 1.07. The van der Waals surface area contributed by atoms with Crippen LogP contribution in [-0.4, -0.2) is 22.2 Å². The summed E-state index contributed by atoms with van der Waals surface area (Å²) in [5.41, 5.74) is -0.493. The van der Waals surface area contributed by atoms with Crippen LogP contribution in [0.4, 0.5) is 0 Å². The minimum absolute atomic E-state index is 0.247. The first kappa shape index (κ1) is 7.60. The van der Waals surface area contributed by atoms with Gasteiger partial charge in [0.05, 0.1) is 11.1 Å². The molecular formula is C8H4O5. The normalized spacial score (nSPS) is 11.4. The maximum Gasteiger partial charge on any atom is 0.336 e. The molecule has 13 heavy (non-hydrogen) atoms. The van der Waals surface area contributed by atoms with E-state index in [4.69, 9.17) is 14.9 Å². The monoisotopic (exact) mass is 180 g/mol. The van der Waals surface area contributed by atoms with Gasteiger partial charge in [-0.15, -0.1) is 0 Å². The number of carboxylic acid groups (broad SMARTS) is 2. The van der Waals surface area contributed by atoms with Crippen molar-refractivity contribution in [3.05, 3.63) is 23.3 Å². The van der Waals surface area contributed by atoms with Crippen LogP contribution in [0, 0.1) is 0 Å². The summed E-state index contributed by atoms with van der Waals surface area (Å²) in [6.45, 7) is 0. The first-order chi connectivity index (χ1) is 6.09. The van der Waals surface area contributed by atoms with Gasteiger partial charge < -0.3 is 14.9 Å². The molecule has 0 bridgehead atoms. The van der Waals surface area contributed by atoms with E-state index in [1.54, 1.807) is 0 Å². The van der Waals surface area contributed by atoms with E-state index in [-0.39, 0.29) is 11.1 Å². The molecule has 2 N–H and O–H groups in total. The number of benzene rings is 1. The Bertz CT molecular complexity index is 382. The van der Waals surface area contributed by atoms with Crippen LogP contribution in [-0.2, 0) is 0 Å². The third-order valence-corrected chi connectivity index (χ3v) is 1.72. The molecule has 5 nitrogen and oxygen atoms in total. The molecule has 0 saturated heterocycles. The number of hydrogen-bond donors (Lipinski definition) is 2. The molecule has 0 atom stereocenters. The predicted octanol–water partition coefficient (Wildman–Crippen LogP) is 1.19. The quantitative estimate of drug-likeness (QED) is 0.677. The van der Waals surface area contributed by atoms with Gasteiger partial charge in [0, 0.05) is 12.1 Å². The smallest absolute Gasteiger partial charge is 0.336 e. The minimum Gasteiger partial charge on any atom is -0.478 e. The second kappa shape index (κ2) is 2.22. The van der Waals surface area contributed by atoms with Gasteiger partial charge >= 0.3 is 11.9 Å². The number of rotatable bonds is 2. The summed E-state index contributed by atoms with van der Waals surface area (Å²) in [6, 6.07) is 2.42. The molecular weight excluding hydrogens is 176 g/mol. The highest BCUT2D eigenvalue weighted by Gasteiger charge is 2.27. The molecule has 0 fully saturated rings. The zero-order valence-electron chi connectivity index (χ0n) is 6.27. The Labute approximate surface area is 72.2 Å². The fourth-order valence-corrected chi connectivity index (χ4v) is 1.07. The van der Waals surface area contributed by atoms with E-state index >= 15 is 0 Å². The molecule has 0 unspecified atom stereocenters. The Balaban J connectivity index is 2.60. The molecule has 0 spiro atoms. The van der Waals surface area contributed by atoms with Crippen molar-refractivity contribution in [1.29, 1.82) is 0 Å². The van der Waals surface area contributed by atoms with E-state index < -0.39 is 11.9 Å². The summed E-state index contributed by atoms with van der Waals surface area (Å²) >= 11 is 0. The van der Waals surface area contributed by atoms with Crippen LogP contribution < -0.4 is 4.74 Å². The highest BCUT2D eigenvalue weighted by atomic mass is 16.6. The van der Waals surface area contributed by atoms with Crippen molar-refractivity contribution in [2.24, 2.45) is 0 Å². The molecule has 1 aromatic carbocycles. The first-order valence-electron chi connectivity index (χ1n) is 3.42. The molecule has 66 valence electrons. The lowest BCUT2D eigenvalue weighted by molar-refractivity contribution is 0.0652. The maximum absolute atomic E-state index is 10.6. The van der Waals surface area contributed by atoms with Gasteiger partial charge in [0.15, 0.2) is 11.5 Å². The van der Waals surface area contributed by atoms with E-state index in [2.05, 4.69) is 0 Å². The third kappa shape index (κ3) is 1.10. The summed E-state index contributed by atoms with van der Waals surface area (Å²) in [5, 5.41) is 17.3. The number of carbonyl (C=O) groups is 2.